The van der Waals surface area contributed by atoms with Crippen LogP contribution in [0.4, 0.5) is 11.6 Å². The van der Waals surface area contributed by atoms with Crippen LogP contribution in [0.5, 0.6) is 0 Å². The third kappa shape index (κ3) is 12.9. The van der Waals surface area contributed by atoms with Crippen LogP contribution in [0.15, 0.2) is 59.7 Å². The highest BCUT2D eigenvalue weighted by molar-refractivity contribution is 6.00. The van der Waals surface area contributed by atoms with Crippen molar-refractivity contribution in [3.05, 3.63) is 70.9 Å². The number of amides is 2. The smallest absolute Gasteiger partial charge is 0.329 e. The zero-order chi connectivity index (χ0) is 48.1. The summed E-state index contributed by atoms with van der Waals surface area (Å²) in [4.78, 5) is 52.0. The number of rotatable bonds is 25. The molecule has 4 N–H and O–H groups in total. The van der Waals surface area contributed by atoms with Gasteiger partial charge in [-0.2, -0.15) is 4.98 Å². The van der Waals surface area contributed by atoms with Gasteiger partial charge in [-0.05, 0) is 62.3 Å². The molecule has 1 aliphatic carbocycles. The first kappa shape index (κ1) is 50.1. The molecule has 0 bridgehead atoms. The van der Waals surface area contributed by atoms with Crippen molar-refractivity contribution in [2.75, 3.05) is 116 Å². The van der Waals surface area contributed by atoms with Crippen molar-refractivity contribution in [3.8, 4) is 11.1 Å². The van der Waals surface area contributed by atoms with Crippen molar-refractivity contribution < 1.29 is 38.4 Å². The zero-order valence-corrected chi connectivity index (χ0v) is 40.4. The molecule has 2 amide bonds. The van der Waals surface area contributed by atoms with Gasteiger partial charge >= 0.3 is 5.69 Å². The van der Waals surface area contributed by atoms with E-state index in [0.29, 0.717) is 83.0 Å². The summed E-state index contributed by atoms with van der Waals surface area (Å²) in [5.74, 6) is -0.179. The second-order valence-corrected chi connectivity index (χ2v) is 18.4. The van der Waals surface area contributed by atoms with Gasteiger partial charge in [-0.25, -0.2) is 9.78 Å². The summed E-state index contributed by atoms with van der Waals surface area (Å²) in [5, 5.41) is 20.3. The number of aliphatic hydroxyl groups excluding tert-OH is 1. The number of hydrogen-bond donors (Lipinski definition) is 4. The van der Waals surface area contributed by atoms with Crippen molar-refractivity contribution in [3.63, 3.8) is 0 Å². The van der Waals surface area contributed by atoms with Gasteiger partial charge < -0.3 is 44.0 Å². The van der Waals surface area contributed by atoms with E-state index in [1.165, 1.54) is 14.7 Å². The Kier molecular flexibility index (Phi) is 17.8. The van der Waals surface area contributed by atoms with E-state index in [2.05, 4.69) is 72.7 Å². The van der Waals surface area contributed by atoms with Crippen molar-refractivity contribution in [2.45, 2.75) is 76.2 Å². The number of para-hydroxylation sites is 1. The summed E-state index contributed by atoms with van der Waals surface area (Å²) < 4.78 is 33.6. The fourth-order valence-electron chi connectivity index (χ4n) is 9.70. The van der Waals surface area contributed by atoms with E-state index in [1.54, 1.807) is 14.2 Å². The molecule has 1 unspecified atom stereocenters. The summed E-state index contributed by atoms with van der Waals surface area (Å²) >= 11 is 0. The van der Waals surface area contributed by atoms with Crippen LogP contribution in [-0.4, -0.2) is 168 Å². The van der Waals surface area contributed by atoms with Crippen LogP contribution in [0, 0.1) is 0 Å². The first-order valence-electron chi connectivity index (χ1n) is 24.6. The zero-order valence-electron chi connectivity index (χ0n) is 40.4. The summed E-state index contributed by atoms with van der Waals surface area (Å²) in [6, 6.07) is 14.1. The van der Waals surface area contributed by atoms with E-state index >= 15 is 0 Å². The Balaban J connectivity index is 0.664. The first-order valence-corrected chi connectivity index (χ1v) is 24.6. The average molecular weight is 955 g/mol. The number of hydrogen-bond acceptors (Lipinski definition) is 15. The number of imide groups is 1. The molecule has 5 aromatic rings. The fraction of sp³-hybridized carbons (Fsp3) is 0.580. The minimum atomic E-state index is -0.727. The maximum Gasteiger partial charge on any atom is 0.329 e. The third-order valence-corrected chi connectivity index (χ3v) is 13.4. The van der Waals surface area contributed by atoms with Gasteiger partial charge in [0, 0.05) is 102 Å². The number of methoxy groups -OCH3 is 1. The molecular weight excluding hydrogens is 885 g/mol. The van der Waals surface area contributed by atoms with E-state index in [9.17, 15) is 19.5 Å². The number of aromatic nitrogens is 5. The van der Waals surface area contributed by atoms with Gasteiger partial charge in [-0.15, -0.1) is 0 Å². The minimum Gasteiger partial charge on any atom is -0.393 e. The average Bonchev–Trinajstić information content (AvgIpc) is 3.85. The molecule has 0 radical (unpaired) electrons. The standard InChI is InChI=1S/C50H70N10O9/c1-35(34-65-3)53-49-52-31-40-41(33-59(47(40)55-49)38-11-13-39(61)14-12-38)37-9-7-36(8-10-37)32-58-20-18-57(19-21-58)22-24-67-26-28-69-30-29-68-27-25-66-23-17-51-42-5-4-6-43-46(42)56(2)50(64)60(43)44-15-16-45(62)54-48(44)63/h4-10,31,33,35,38-39,44,51,61H,11-30,32,34H2,1-3H3,(H,52,53,55)(H,54,62,63)/t35-,38?,39?,44?/m0/s1. The normalized spacial score (nSPS) is 19.9. The van der Waals surface area contributed by atoms with Crippen LogP contribution in [0.1, 0.15) is 63.1 Å². The van der Waals surface area contributed by atoms with Gasteiger partial charge in [0.2, 0.25) is 17.8 Å². The molecule has 2 aliphatic heterocycles. The van der Waals surface area contributed by atoms with Crippen molar-refractivity contribution in [1.82, 2.24) is 38.8 Å². The number of piperazine rings is 1. The number of aryl methyl sites for hydroxylation is 1. The molecule has 1 saturated carbocycles. The molecule has 3 aromatic heterocycles. The summed E-state index contributed by atoms with van der Waals surface area (Å²) in [7, 11) is 3.37. The van der Waals surface area contributed by atoms with E-state index in [-0.39, 0.29) is 42.6 Å². The number of fused-ring (bicyclic) bond motifs is 2. The number of ether oxygens (including phenoxy) is 5. The van der Waals surface area contributed by atoms with Crippen LogP contribution >= 0.6 is 0 Å². The Bertz CT molecular complexity index is 2510. The Hall–Kier alpha value is -5.25. The molecule has 3 fully saturated rings. The quantitative estimate of drug-likeness (QED) is 0.0484. The van der Waals surface area contributed by atoms with Gasteiger partial charge in [0.25, 0.3) is 0 Å². The number of benzene rings is 2. The molecule has 19 heteroatoms. The number of nitrogens with one attached hydrogen (secondary N) is 3. The summed E-state index contributed by atoms with van der Waals surface area (Å²) in [6.07, 6.45) is 7.89. The highest BCUT2D eigenvalue weighted by atomic mass is 16.6. The fourth-order valence-corrected chi connectivity index (χ4v) is 9.70. The molecule has 19 nitrogen and oxygen atoms in total. The molecule has 2 atom stereocenters. The number of imidazole rings is 1. The van der Waals surface area contributed by atoms with E-state index in [1.807, 2.05) is 24.4 Å². The second kappa shape index (κ2) is 24.5. The Morgan fingerprint density at radius 2 is 1.52 bits per heavy atom. The molecule has 69 heavy (non-hydrogen) atoms. The molecule has 2 saturated heterocycles. The Morgan fingerprint density at radius 3 is 2.22 bits per heavy atom. The largest absolute Gasteiger partial charge is 0.393 e. The maximum atomic E-state index is 13.1. The van der Waals surface area contributed by atoms with E-state index in [4.69, 9.17) is 28.7 Å². The lowest BCUT2D eigenvalue weighted by Crippen LogP contribution is -2.46. The van der Waals surface area contributed by atoms with Gasteiger partial charge in [0.1, 0.15) is 11.7 Å². The van der Waals surface area contributed by atoms with Crippen LogP contribution in [0.2, 0.25) is 0 Å². The molecule has 3 aliphatic rings. The number of aliphatic hydroxyl groups is 1. The minimum absolute atomic E-state index is 0.0816. The predicted octanol–water partition coefficient (Wildman–Crippen LogP) is 3.95. The predicted molar refractivity (Wildman–Crippen MR) is 264 cm³/mol. The lowest BCUT2D eigenvalue weighted by atomic mass is 9.93. The third-order valence-electron chi connectivity index (χ3n) is 13.4. The number of carbonyl (C=O) groups is 2. The van der Waals surface area contributed by atoms with Gasteiger partial charge in [-0.1, -0.05) is 30.3 Å². The lowest BCUT2D eigenvalue weighted by Gasteiger charge is -2.34. The Labute approximate surface area is 403 Å². The van der Waals surface area contributed by atoms with E-state index < -0.39 is 11.9 Å². The van der Waals surface area contributed by atoms with Gasteiger partial charge in [-0.3, -0.25) is 33.8 Å². The lowest BCUT2D eigenvalue weighted by molar-refractivity contribution is -0.135. The summed E-state index contributed by atoms with van der Waals surface area (Å²) in [5.41, 5.74) is 6.27. The number of piperidine rings is 1. The van der Waals surface area contributed by atoms with Gasteiger partial charge in [0.15, 0.2) is 0 Å². The van der Waals surface area contributed by atoms with E-state index in [0.717, 1.165) is 92.8 Å². The van der Waals surface area contributed by atoms with Crippen LogP contribution in [0.25, 0.3) is 33.2 Å². The van der Waals surface area contributed by atoms with Crippen molar-refractivity contribution in [1.29, 1.82) is 0 Å². The molecule has 0 spiro atoms. The SMILES string of the molecule is COC[C@H](C)Nc1ncc2c(-c3ccc(CN4CCN(CCOCCOCCOCCOCCNc5cccc6c5n(C)c(=O)n6C5CCC(=O)NC5=O)CC4)cc3)cn(C3CCC(O)CC3)c2n1. The molecule has 5 heterocycles. The van der Waals surface area contributed by atoms with Crippen LogP contribution < -0.4 is 21.6 Å². The van der Waals surface area contributed by atoms with Crippen LogP contribution in [0.3, 0.4) is 0 Å². The Morgan fingerprint density at radius 1 is 0.841 bits per heavy atom. The first-order chi connectivity index (χ1) is 33.7. The molecule has 374 valence electrons. The van der Waals surface area contributed by atoms with Crippen LogP contribution in [-0.2, 0) is 46.9 Å². The maximum absolute atomic E-state index is 13.1. The van der Waals surface area contributed by atoms with Gasteiger partial charge in [0.05, 0.1) is 82.3 Å². The highest BCUT2D eigenvalue weighted by Gasteiger charge is 2.32. The monoisotopic (exact) mass is 955 g/mol. The number of nitrogens with zero attached hydrogens (tertiary/aromatic N) is 7. The summed E-state index contributed by atoms with van der Waals surface area (Å²) in [6.45, 7) is 13.0. The highest BCUT2D eigenvalue weighted by Crippen LogP contribution is 2.37. The molecular formula is C50H70N10O9. The van der Waals surface area contributed by atoms with Crippen molar-refractivity contribution in [2.24, 2.45) is 7.05 Å². The second-order valence-electron chi connectivity index (χ2n) is 18.4. The number of anilines is 2. The number of carbonyl (C=O) groups excluding carboxylic acids is 2. The molecule has 2 aromatic carbocycles. The molecule has 8 rings (SSSR count). The van der Waals surface area contributed by atoms with Crippen molar-refractivity contribution >= 4 is 45.5 Å². The topological polar surface area (TPSA) is 201 Å².